The van der Waals surface area contributed by atoms with Gasteiger partial charge in [0.05, 0.1) is 17.0 Å². The van der Waals surface area contributed by atoms with E-state index in [1.54, 1.807) is 22.7 Å². The first-order valence-corrected chi connectivity index (χ1v) is 10.2. The molecular weight excluding hydrogens is 376 g/mol. The number of amides is 1. The molecule has 5 rings (SSSR count). The SMILES string of the molecule is O=C(Cc1csc(-c2cccs2)n1)Nc1ccc2oc3ccccc3c2c1. The Morgan fingerprint density at radius 2 is 1.89 bits per heavy atom. The third-order valence-electron chi connectivity index (χ3n) is 4.29. The van der Waals surface area contributed by atoms with Gasteiger partial charge in [-0.15, -0.1) is 22.7 Å². The van der Waals surface area contributed by atoms with Gasteiger partial charge in [-0.05, 0) is 35.7 Å². The predicted molar refractivity (Wildman–Crippen MR) is 111 cm³/mol. The fourth-order valence-corrected chi connectivity index (χ4v) is 4.71. The van der Waals surface area contributed by atoms with Gasteiger partial charge in [-0.2, -0.15) is 0 Å². The van der Waals surface area contributed by atoms with Crippen molar-refractivity contribution in [1.29, 1.82) is 0 Å². The first-order valence-electron chi connectivity index (χ1n) is 8.46. The fourth-order valence-electron chi connectivity index (χ4n) is 3.08. The lowest BCUT2D eigenvalue weighted by atomic mass is 10.1. The molecule has 0 bridgehead atoms. The molecule has 3 aromatic heterocycles. The molecule has 0 aliphatic rings. The van der Waals surface area contributed by atoms with Crippen molar-refractivity contribution in [2.45, 2.75) is 6.42 Å². The van der Waals surface area contributed by atoms with E-state index < -0.39 is 0 Å². The number of carbonyl (C=O) groups excluding carboxylic acids is 1. The van der Waals surface area contributed by atoms with Gasteiger partial charge in [0.15, 0.2) is 0 Å². The molecule has 1 amide bonds. The molecule has 6 heteroatoms. The van der Waals surface area contributed by atoms with Crippen LogP contribution >= 0.6 is 22.7 Å². The number of furan rings is 1. The zero-order valence-electron chi connectivity index (χ0n) is 14.1. The number of rotatable bonds is 4. The molecule has 0 unspecified atom stereocenters. The molecule has 132 valence electrons. The highest BCUT2D eigenvalue weighted by molar-refractivity contribution is 7.20. The van der Waals surface area contributed by atoms with Crippen molar-refractivity contribution < 1.29 is 9.21 Å². The monoisotopic (exact) mass is 390 g/mol. The van der Waals surface area contributed by atoms with Gasteiger partial charge in [-0.3, -0.25) is 4.79 Å². The van der Waals surface area contributed by atoms with E-state index in [9.17, 15) is 4.79 Å². The van der Waals surface area contributed by atoms with Gasteiger partial charge in [-0.25, -0.2) is 4.98 Å². The number of fused-ring (bicyclic) bond motifs is 3. The first-order chi connectivity index (χ1) is 13.3. The van der Waals surface area contributed by atoms with Crippen molar-refractivity contribution >= 4 is 56.2 Å². The first kappa shape index (κ1) is 16.2. The smallest absolute Gasteiger partial charge is 0.230 e. The highest BCUT2D eigenvalue weighted by Gasteiger charge is 2.12. The van der Waals surface area contributed by atoms with Gasteiger partial charge in [0.25, 0.3) is 0 Å². The average Bonchev–Trinajstić information content (AvgIpc) is 3.41. The van der Waals surface area contributed by atoms with Crippen LogP contribution in [0.4, 0.5) is 5.69 Å². The summed E-state index contributed by atoms with van der Waals surface area (Å²) in [6.45, 7) is 0. The Bertz CT molecular complexity index is 1250. The lowest BCUT2D eigenvalue weighted by molar-refractivity contribution is -0.115. The summed E-state index contributed by atoms with van der Waals surface area (Å²) >= 11 is 3.22. The van der Waals surface area contributed by atoms with Crippen molar-refractivity contribution in [1.82, 2.24) is 4.98 Å². The van der Waals surface area contributed by atoms with Crippen LogP contribution in [0.1, 0.15) is 5.69 Å². The maximum Gasteiger partial charge on any atom is 0.230 e. The zero-order valence-corrected chi connectivity index (χ0v) is 15.8. The summed E-state index contributed by atoms with van der Waals surface area (Å²) in [5.41, 5.74) is 3.21. The summed E-state index contributed by atoms with van der Waals surface area (Å²) in [6.07, 6.45) is 0.256. The Kier molecular flexibility index (Phi) is 3.99. The summed E-state index contributed by atoms with van der Waals surface area (Å²) in [6, 6.07) is 17.7. The maximum absolute atomic E-state index is 12.4. The van der Waals surface area contributed by atoms with Gasteiger partial charge in [0.1, 0.15) is 16.2 Å². The van der Waals surface area contributed by atoms with Crippen molar-refractivity contribution in [2.24, 2.45) is 0 Å². The number of anilines is 1. The van der Waals surface area contributed by atoms with Crippen LogP contribution in [-0.2, 0) is 11.2 Å². The van der Waals surface area contributed by atoms with Crippen LogP contribution in [0.15, 0.2) is 69.8 Å². The summed E-state index contributed by atoms with van der Waals surface area (Å²) < 4.78 is 5.83. The number of hydrogen-bond acceptors (Lipinski definition) is 5. The van der Waals surface area contributed by atoms with Crippen LogP contribution in [0, 0.1) is 0 Å². The molecule has 0 aliphatic carbocycles. The van der Waals surface area contributed by atoms with E-state index in [4.69, 9.17) is 4.42 Å². The zero-order chi connectivity index (χ0) is 18.2. The molecule has 0 saturated carbocycles. The molecule has 0 fully saturated rings. The molecule has 1 N–H and O–H groups in total. The van der Waals surface area contributed by atoms with Gasteiger partial charge in [0, 0.05) is 21.8 Å². The van der Waals surface area contributed by atoms with E-state index in [2.05, 4.69) is 10.3 Å². The third-order valence-corrected chi connectivity index (χ3v) is 6.22. The van der Waals surface area contributed by atoms with Crippen LogP contribution in [0.3, 0.4) is 0 Å². The molecule has 0 spiro atoms. The Morgan fingerprint density at radius 3 is 2.78 bits per heavy atom. The topological polar surface area (TPSA) is 55.1 Å². The molecule has 2 aromatic carbocycles. The van der Waals surface area contributed by atoms with Gasteiger partial charge in [-0.1, -0.05) is 24.3 Å². The second-order valence-corrected chi connectivity index (χ2v) is 7.96. The van der Waals surface area contributed by atoms with E-state index in [-0.39, 0.29) is 12.3 Å². The number of nitrogens with zero attached hydrogens (tertiary/aromatic N) is 1. The van der Waals surface area contributed by atoms with Crippen molar-refractivity contribution in [3.8, 4) is 9.88 Å². The van der Waals surface area contributed by atoms with Gasteiger partial charge in [0.2, 0.25) is 5.91 Å². The Morgan fingerprint density at radius 1 is 1.00 bits per heavy atom. The van der Waals surface area contributed by atoms with Gasteiger partial charge < -0.3 is 9.73 Å². The number of para-hydroxylation sites is 1. The number of benzene rings is 2. The second kappa shape index (κ2) is 6.64. The molecule has 0 saturated heterocycles. The Balaban J connectivity index is 1.35. The molecule has 0 atom stereocenters. The van der Waals surface area contributed by atoms with Crippen LogP contribution < -0.4 is 5.32 Å². The molecular formula is C21H14N2O2S2. The minimum atomic E-state index is -0.0785. The number of thiazole rings is 1. The highest BCUT2D eigenvalue weighted by Crippen LogP contribution is 2.31. The molecule has 0 aliphatic heterocycles. The van der Waals surface area contributed by atoms with E-state index in [1.807, 2.05) is 65.4 Å². The third kappa shape index (κ3) is 3.13. The normalized spacial score (nSPS) is 11.3. The van der Waals surface area contributed by atoms with Crippen molar-refractivity contribution in [2.75, 3.05) is 5.32 Å². The highest BCUT2D eigenvalue weighted by atomic mass is 32.1. The summed E-state index contributed by atoms with van der Waals surface area (Å²) in [7, 11) is 0. The van der Waals surface area contributed by atoms with Crippen LogP contribution in [0.2, 0.25) is 0 Å². The molecule has 0 radical (unpaired) electrons. The number of nitrogens with one attached hydrogen (secondary N) is 1. The average molecular weight is 390 g/mol. The molecule has 3 heterocycles. The van der Waals surface area contributed by atoms with Crippen molar-refractivity contribution in [3.05, 3.63) is 71.1 Å². The molecule has 4 nitrogen and oxygen atoms in total. The minimum Gasteiger partial charge on any atom is -0.456 e. The largest absolute Gasteiger partial charge is 0.456 e. The van der Waals surface area contributed by atoms with E-state index in [0.717, 1.165) is 43.2 Å². The summed E-state index contributed by atoms with van der Waals surface area (Å²) in [5.74, 6) is -0.0785. The van der Waals surface area contributed by atoms with E-state index in [0.29, 0.717) is 0 Å². The predicted octanol–water partition coefficient (Wildman–Crippen LogP) is 5.95. The lowest BCUT2D eigenvalue weighted by Gasteiger charge is -2.04. The Labute approximate surface area is 163 Å². The minimum absolute atomic E-state index is 0.0785. The number of carbonyl (C=O) groups is 1. The molecule has 5 aromatic rings. The number of hydrogen-bond donors (Lipinski definition) is 1. The fraction of sp³-hybridized carbons (Fsp3) is 0.0476. The maximum atomic E-state index is 12.4. The Hall–Kier alpha value is -2.96. The lowest BCUT2D eigenvalue weighted by Crippen LogP contribution is -2.14. The summed E-state index contributed by atoms with van der Waals surface area (Å²) in [4.78, 5) is 18.1. The quantitative estimate of drug-likeness (QED) is 0.412. The van der Waals surface area contributed by atoms with E-state index in [1.165, 1.54) is 0 Å². The van der Waals surface area contributed by atoms with Gasteiger partial charge >= 0.3 is 0 Å². The number of thiophene rings is 1. The number of aromatic nitrogens is 1. The van der Waals surface area contributed by atoms with Crippen molar-refractivity contribution in [3.63, 3.8) is 0 Å². The standard InChI is InChI=1S/C21H14N2O2S2/c24-20(11-14-12-27-21(23-14)19-6-3-9-26-19)22-13-7-8-18-16(10-13)15-4-1-2-5-17(15)25-18/h1-10,12H,11H2,(H,22,24). The second-order valence-electron chi connectivity index (χ2n) is 6.16. The van der Waals surface area contributed by atoms with E-state index >= 15 is 0 Å². The van der Waals surface area contributed by atoms with Crippen LogP contribution in [-0.4, -0.2) is 10.9 Å². The summed E-state index contributed by atoms with van der Waals surface area (Å²) in [5, 5.41) is 9.94. The molecule has 27 heavy (non-hydrogen) atoms. The van der Waals surface area contributed by atoms with Crippen LogP contribution in [0.5, 0.6) is 0 Å². The van der Waals surface area contributed by atoms with Crippen LogP contribution in [0.25, 0.3) is 31.8 Å².